The van der Waals surface area contributed by atoms with Crippen LogP contribution in [0.4, 0.5) is 13.2 Å². The topological polar surface area (TPSA) is 39.5 Å². The van der Waals surface area contributed by atoms with Crippen LogP contribution in [0, 0.1) is 0 Å². The van der Waals surface area contributed by atoms with Gasteiger partial charge < -0.3 is 14.0 Å². The molecule has 0 saturated carbocycles. The molecule has 0 radical (unpaired) electrons. The molecule has 4 rings (SSSR count). The molecule has 28 heavy (non-hydrogen) atoms. The largest absolute Gasteiger partial charge is 0.497 e. The van der Waals surface area contributed by atoms with Crippen LogP contribution in [0.25, 0.3) is 21.8 Å². The molecule has 3 aromatic rings. The summed E-state index contributed by atoms with van der Waals surface area (Å²) in [5.74, 6) is 0.609. The number of pyridine rings is 1. The van der Waals surface area contributed by atoms with E-state index < -0.39 is 11.9 Å². The van der Waals surface area contributed by atoms with Gasteiger partial charge in [0.05, 0.1) is 31.4 Å². The Labute approximate surface area is 160 Å². The number of nitrogens with zero attached hydrogens (tertiary/aromatic N) is 3. The van der Waals surface area contributed by atoms with E-state index in [9.17, 15) is 13.2 Å². The highest BCUT2D eigenvalue weighted by Gasteiger charge is 2.36. The maximum Gasteiger partial charge on any atom is 0.435 e. The van der Waals surface area contributed by atoms with Gasteiger partial charge in [0.15, 0.2) is 5.69 Å². The molecule has 1 aliphatic rings. The second-order valence-electron chi connectivity index (χ2n) is 7.05. The van der Waals surface area contributed by atoms with E-state index in [0.717, 1.165) is 11.9 Å². The molecule has 2 aromatic heterocycles. The first-order chi connectivity index (χ1) is 13.4. The van der Waals surface area contributed by atoms with E-state index in [1.807, 2.05) is 6.07 Å². The third-order valence-corrected chi connectivity index (χ3v) is 5.36. The van der Waals surface area contributed by atoms with Crippen molar-refractivity contribution in [2.75, 3.05) is 33.4 Å². The zero-order valence-corrected chi connectivity index (χ0v) is 15.8. The molecule has 8 heteroatoms. The van der Waals surface area contributed by atoms with E-state index in [1.165, 1.54) is 6.20 Å². The van der Waals surface area contributed by atoms with Crippen molar-refractivity contribution in [3.8, 4) is 5.75 Å². The Morgan fingerprint density at radius 2 is 2.04 bits per heavy atom. The van der Waals surface area contributed by atoms with Crippen LogP contribution < -0.4 is 4.74 Å². The summed E-state index contributed by atoms with van der Waals surface area (Å²) >= 11 is 0. The van der Waals surface area contributed by atoms with Gasteiger partial charge in [0.2, 0.25) is 0 Å². The zero-order chi connectivity index (χ0) is 19.9. The highest BCUT2D eigenvalue weighted by atomic mass is 19.4. The molecule has 1 unspecified atom stereocenters. The average Bonchev–Trinajstić information content (AvgIpc) is 2.99. The van der Waals surface area contributed by atoms with Gasteiger partial charge in [-0.1, -0.05) is 0 Å². The van der Waals surface area contributed by atoms with E-state index in [0.29, 0.717) is 43.0 Å². The smallest absolute Gasteiger partial charge is 0.435 e. The number of aromatic nitrogens is 2. The predicted octanol–water partition coefficient (Wildman–Crippen LogP) is 3.94. The van der Waals surface area contributed by atoms with Crippen LogP contribution >= 0.6 is 0 Å². The van der Waals surface area contributed by atoms with Crippen molar-refractivity contribution in [3.05, 3.63) is 36.2 Å². The molecule has 0 amide bonds. The van der Waals surface area contributed by atoms with E-state index in [2.05, 4.69) is 16.8 Å². The number of fused-ring (bicyclic) bond motifs is 3. The maximum atomic E-state index is 13.7. The van der Waals surface area contributed by atoms with Gasteiger partial charge in [0.25, 0.3) is 0 Å². The van der Waals surface area contributed by atoms with Gasteiger partial charge in [0, 0.05) is 48.7 Å². The Bertz CT molecular complexity index is 1000. The SMILES string of the molecule is COc1ccc2c3ccnc(C(F)(F)F)c3n(CCN3CCOCC3C)c2c1. The molecule has 1 atom stereocenters. The highest BCUT2D eigenvalue weighted by molar-refractivity contribution is 6.09. The van der Waals surface area contributed by atoms with E-state index in [1.54, 1.807) is 29.9 Å². The minimum Gasteiger partial charge on any atom is -0.497 e. The molecule has 5 nitrogen and oxygen atoms in total. The predicted molar refractivity (Wildman–Crippen MR) is 101 cm³/mol. The van der Waals surface area contributed by atoms with Gasteiger partial charge in [-0.05, 0) is 25.1 Å². The molecular formula is C20H22F3N3O2. The van der Waals surface area contributed by atoms with E-state index in [-0.39, 0.29) is 11.6 Å². The number of ether oxygens (including phenoxy) is 2. The molecule has 3 heterocycles. The number of morpholine rings is 1. The molecule has 1 aromatic carbocycles. The summed E-state index contributed by atoms with van der Waals surface area (Å²) < 4.78 is 53.6. The molecule has 150 valence electrons. The van der Waals surface area contributed by atoms with Gasteiger partial charge in [-0.15, -0.1) is 0 Å². The van der Waals surface area contributed by atoms with Crippen LogP contribution in [0.3, 0.4) is 0 Å². The standard InChI is InChI=1S/C20H22F3N3O2/c1-13-12-28-10-9-25(13)7-8-26-17-11-14(27-2)3-4-15(17)16-5-6-24-19(18(16)26)20(21,22)23/h3-6,11,13H,7-10,12H2,1-2H3. The lowest BCUT2D eigenvalue weighted by Gasteiger charge is -2.33. The summed E-state index contributed by atoms with van der Waals surface area (Å²) in [6.45, 7) is 5.17. The fraction of sp³-hybridized carbons (Fsp3) is 0.450. The first kappa shape index (κ1) is 19.0. The fourth-order valence-electron chi connectivity index (χ4n) is 3.92. The highest BCUT2D eigenvalue weighted by Crippen LogP contribution is 2.38. The Morgan fingerprint density at radius 1 is 1.21 bits per heavy atom. The van der Waals surface area contributed by atoms with Gasteiger partial charge in [-0.3, -0.25) is 4.90 Å². The van der Waals surface area contributed by atoms with Crippen molar-refractivity contribution < 1.29 is 22.6 Å². The van der Waals surface area contributed by atoms with Crippen LogP contribution in [0.2, 0.25) is 0 Å². The summed E-state index contributed by atoms with van der Waals surface area (Å²) in [4.78, 5) is 5.92. The van der Waals surface area contributed by atoms with Crippen molar-refractivity contribution >= 4 is 21.8 Å². The van der Waals surface area contributed by atoms with E-state index in [4.69, 9.17) is 9.47 Å². The average molecular weight is 393 g/mol. The van der Waals surface area contributed by atoms with Gasteiger partial charge >= 0.3 is 6.18 Å². The second-order valence-corrected chi connectivity index (χ2v) is 7.05. The Morgan fingerprint density at radius 3 is 2.75 bits per heavy atom. The van der Waals surface area contributed by atoms with E-state index >= 15 is 0 Å². The summed E-state index contributed by atoms with van der Waals surface area (Å²) in [5, 5.41) is 1.31. The summed E-state index contributed by atoms with van der Waals surface area (Å²) in [6.07, 6.45) is -3.30. The fourth-order valence-corrected chi connectivity index (χ4v) is 3.92. The Balaban J connectivity index is 1.87. The van der Waals surface area contributed by atoms with Crippen molar-refractivity contribution in [1.29, 1.82) is 0 Å². The summed E-state index contributed by atoms with van der Waals surface area (Å²) in [6, 6.07) is 7.25. The molecule has 1 aliphatic heterocycles. The molecule has 0 spiro atoms. The van der Waals surface area contributed by atoms with Gasteiger partial charge in [-0.2, -0.15) is 13.2 Å². The van der Waals surface area contributed by atoms with Crippen molar-refractivity contribution in [1.82, 2.24) is 14.5 Å². The minimum absolute atomic E-state index is 0.124. The first-order valence-corrected chi connectivity index (χ1v) is 9.24. The van der Waals surface area contributed by atoms with Gasteiger partial charge in [0.1, 0.15) is 5.75 Å². The quantitative estimate of drug-likeness (QED) is 0.673. The van der Waals surface area contributed by atoms with Crippen LogP contribution in [0.1, 0.15) is 12.6 Å². The van der Waals surface area contributed by atoms with Crippen LogP contribution in [0.15, 0.2) is 30.5 Å². The molecule has 1 saturated heterocycles. The summed E-state index contributed by atoms with van der Waals surface area (Å²) in [7, 11) is 1.55. The number of methoxy groups -OCH3 is 1. The number of halogens is 3. The maximum absolute atomic E-state index is 13.7. The monoisotopic (exact) mass is 393 g/mol. The lowest BCUT2D eigenvalue weighted by molar-refractivity contribution is -0.140. The second kappa shape index (κ2) is 7.25. The van der Waals surface area contributed by atoms with Crippen LogP contribution in [0.5, 0.6) is 5.75 Å². The summed E-state index contributed by atoms with van der Waals surface area (Å²) in [5.41, 5.74) is -0.0110. The molecule has 0 aliphatic carbocycles. The zero-order valence-electron chi connectivity index (χ0n) is 15.8. The minimum atomic E-state index is -4.53. The Hall–Kier alpha value is -2.32. The number of alkyl halides is 3. The van der Waals surface area contributed by atoms with Crippen molar-refractivity contribution in [3.63, 3.8) is 0 Å². The lowest BCUT2D eigenvalue weighted by atomic mass is 10.1. The molecule has 1 fully saturated rings. The molecular weight excluding hydrogens is 371 g/mol. The third-order valence-electron chi connectivity index (χ3n) is 5.36. The Kier molecular flexibility index (Phi) is 4.93. The third kappa shape index (κ3) is 3.31. The lowest BCUT2D eigenvalue weighted by Crippen LogP contribution is -2.44. The van der Waals surface area contributed by atoms with Crippen LogP contribution in [-0.2, 0) is 17.5 Å². The number of hydrogen-bond acceptors (Lipinski definition) is 4. The molecule has 0 bridgehead atoms. The number of hydrogen-bond donors (Lipinski definition) is 0. The number of rotatable bonds is 4. The normalized spacial score (nSPS) is 18.8. The van der Waals surface area contributed by atoms with Crippen molar-refractivity contribution in [2.45, 2.75) is 25.7 Å². The van der Waals surface area contributed by atoms with Crippen molar-refractivity contribution in [2.24, 2.45) is 0 Å². The number of benzene rings is 1. The molecule has 0 N–H and O–H groups in total. The first-order valence-electron chi connectivity index (χ1n) is 9.24. The van der Waals surface area contributed by atoms with Crippen LogP contribution in [-0.4, -0.2) is 53.9 Å². The van der Waals surface area contributed by atoms with Gasteiger partial charge in [-0.25, -0.2) is 4.98 Å².